The summed E-state index contributed by atoms with van der Waals surface area (Å²) in [6.45, 7) is 4.21. The molecule has 3 rings (SSSR count). The molecule has 8 nitrogen and oxygen atoms in total. The Kier molecular flexibility index (Phi) is 5.99. The standard InChI is InChI=1S/C20H23N3O5S/c1-14-9-10-16(13-19(14)29(27,28)22-11-4-3-5-12-22)21-20(24)17-7-6-8-18(15(17)2)23(25)26/h6-10,13H,3-5,11-12H2,1-2H3,(H,21,24). The molecule has 1 saturated heterocycles. The van der Waals surface area contributed by atoms with Crippen LogP contribution in [0.3, 0.4) is 0 Å². The van der Waals surface area contributed by atoms with E-state index < -0.39 is 20.9 Å². The quantitative estimate of drug-likeness (QED) is 0.590. The van der Waals surface area contributed by atoms with E-state index >= 15 is 0 Å². The topological polar surface area (TPSA) is 110 Å². The predicted molar refractivity (Wildman–Crippen MR) is 110 cm³/mol. The summed E-state index contributed by atoms with van der Waals surface area (Å²) in [5, 5.41) is 13.8. The highest BCUT2D eigenvalue weighted by Crippen LogP contribution is 2.27. The first-order valence-electron chi connectivity index (χ1n) is 9.38. The molecule has 154 valence electrons. The number of carbonyl (C=O) groups is 1. The number of hydrogen-bond donors (Lipinski definition) is 1. The SMILES string of the molecule is Cc1ccc(NC(=O)c2cccc([N+](=O)[O-])c2C)cc1S(=O)(=O)N1CCCCC1. The van der Waals surface area contributed by atoms with E-state index in [0.29, 0.717) is 24.3 Å². The number of amides is 1. The van der Waals surface area contributed by atoms with Crippen LogP contribution in [0.5, 0.6) is 0 Å². The summed E-state index contributed by atoms with van der Waals surface area (Å²) in [5.74, 6) is -0.531. The van der Waals surface area contributed by atoms with Crippen LogP contribution in [0.25, 0.3) is 0 Å². The second kappa shape index (κ2) is 8.30. The molecule has 1 heterocycles. The fraction of sp³-hybridized carbons (Fsp3) is 0.350. The molecule has 29 heavy (non-hydrogen) atoms. The van der Waals surface area contributed by atoms with E-state index in [2.05, 4.69) is 5.32 Å². The number of nitrogens with zero attached hydrogens (tertiary/aromatic N) is 2. The van der Waals surface area contributed by atoms with Gasteiger partial charge in [-0.25, -0.2) is 8.42 Å². The lowest BCUT2D eigenvalue weighted by atomic mass is 10.1. The smallest absolute Gasteiger partial charge is 0.273 e. The Labute approximate surface area is 169 Å². The average molecular weight is 417 g/mol. The highest BCUT2D eigenvalue weighted by molar-refractivity contribution is 7.89. The molecule has 0 unspecified atom stereocenters. The highest BCUT2D eigenvalue weighted by Gasteiger charge is 2.28. The van der Waals surface area contributed by atoms with Crippen LogP contribution < -0.4 is 5.32 Å². The Bertz CT molecular complexity index is 1060. The van der Waals surface area contributed by atoms with Crippen LogP contribution in [0.2, 0.25) is 0 Å². The first-order chi connectivity index (χ1) is 13.7. The molecule has 2 aromatic carbocycles. The van der Waals surface area contributed by atoms with Gasteiger partial charge in [0.25, 0.3) is 11.6 Å². The van der Waals surface area contributed by atoms with Crippen LogP contribution in [0.1, 0.15) is 40.7 Å². The summed E-state index contributed by atoms with van der Waals surface area (Å²) in [7, 11) is -3.65. The fourth-order valence-electron chi connectivity index (χ4n) is 3.47. The number of aryl methyl sites for hydroxylation is 1. The second-order valence-corrected chi connectivity index (χ2v) is 9.01. The van der Waals surface area contributed by atoms with Gasteiger partial charge in [0.15, 0.2) is 0 Å². The van der Waals surface area contributed by atoms with Crippen LogP contribution in [-0.2, 0) is 10.0 Å². The monoisotopic (exact) mass is 417 g/mol. The number of benzene rings is 2. The minimum Gasteiger partial charge on any atom is -0.322 e. The highest BCUT2D eigenvalue weighted by atomic mass is 32.2. The number of nitrogens with one attached hydrogen (secondary N) is 1. The van der Waals surface area contributed by atoms with Crippen molar-refractivity contribution in [1.82, 2.24) is 4.31 Å². The van der Waals surface area contributed by atoms with Gasteiger partial charge in [0, 0.05) is 36.0 Å². The van der Waals surface area contributed by atoms with Gasteiger partial charge in [-0.3, -0.25) is 14.9 Å². The van der Waals surface area contributed by atoms with Crippen molar-refractivity contribution < 1.29 is 18.1 Å². The number of carbonyl (C=O) groups excluding carboxylic acids is 1. The van der Waals surface area contributed by atoms with Gasteiger partial charge in [-0.05, 0) is 50.5 Å². The molecule has 1 amide bonds. The van der Waals surface area contributed by atoms with E-state index in [0.717, 1.165) is 19.3 Å². The normalized spacial score (nSPS) is 15.1. The van der Waals surface area contributed by atoms with Crippen molar-refractivity contribution in [2.24, 2.45) is 0 Å². The maximum absolute atomic E-state index is 13.0. The van der Waals surface area contributed by atoms with Crippen LogP contribution in [0.4, 0.5) is 11.4 Å². The van der Waals surface area contributed by atoms with Crippen LogP contribution >= 0.6 is 0 Å². The van der Waals surface area contributed by atoms with Crippen molar-refractivity contribution in [3.63, 3.8) is 0 Å². The molecule has 9 heteroatoms. The number of anilines is 1. The van der Waals surface area contributed by atoms with Crippen molar-refractivity contribution in [1.29, 1.82) is 0 Å². The zero-order valence-corrected chi connectivity index (χ0v) is 17.2. The van der Waals surface area contributed by atoms with E-state index in [-0.39, 0.29) is 21.7 Å². The molecule has 0 aliphatic carbocycles. The van der Waals surface area contributed by atoms with Crippen LogP contribution in [0.15, 0.2) is 41.3 Å². The number of piperidine rings is 1. The molecule has 0 aromatic heterocycles. The van der Waals surface area contributed by atoms with Crippen molar-refractivity contribution >= 4 is 27.3 Å². The zero-order chi connectivity index (χ0) is 21.2. The fourth-order valence-corrected chi connectivity index (χ4v) is 5.23. The Balaban J connectivity index is 1.90. The summed E-state index contributed by atoms with van der Waals surface area (Å²) in [6, 6.07) is 8.99. The van der Waals surface area contributed by atoms with Crippen LogP contribution in [0, 0.1) is 24.0 Å². The molecular formula is C20H23N3O5S. The molecule has 0 saturated carbocycles. The summed E-state index contributed by atoms with van der Waals surface area (Å²) in [4.78, 5) is 23.4. The number of sulfonamides is 1. The predicted octanol–water partition coefficient (Wildman–Crippen LogP) is 3.64. The molecule has 0 radical (unpaired) electrons. The summed E-state index contributed by atoms with van der Waals surface area (Å²) < 4.78 is 27.5. The minimum absolute atomic E-state index is 0.144. The zero-order valence-electron chi connectivity index (χ0n) is 16.3. The van der Waals surface area contributed by atoms with E-state index in [1.807, 2.05) is 0 Å². The third-order valence-electron chi connectivity index (χ3n) is 5.13. The lowest BCUT2D eigenvalue weighted by Crippen LogP contribution is -2.36. The van der Waals surface area contributed by atoms with Crippen molar-refractivity contribution in [2.75, 3.05) is 18.4 Å². The van der Waals surface area contributed by atoms with Crippen LogP contribution in [-0.4, -0.2) is 36.6 Å². The van der Waals surface area contributed by atoms with Gasteiger partial charge in [-0.1, -0.05) is 18.6 Å². The number of nitro groups is 1. The van der Waals surface area contributed by atoms with Gasteiger partial charge in [0.2, 0.25) is 10.0 Å². The van der Waals surface area contributed by atoms with E-state index in [1.54, 1.807) is 19.1 Å². The first-order valence-corrected chi connectivity index (χ1v) is 10.8. The lowest BCUT2D eigenvalue weighted by Gasteiger charge is -2.26. The maximum atomic E-state index is 13.0. The minimum atomic E-state index is -3.65. The molecular weight excluding hydrogens is 394 g/mol. The molecule has 0 spiro atoms. The molecule has 1 aliphatic rings. The lowest BCUT2D eigenvalue weighted by molar-refractivity contribution is -0.385. The van der Waals surface area contributed by atoms with Gasteiger partial charge in [0.1, 0.15) is 0 Å². The summed E-state index contributed by atoms with van der Waals surface area (Å²) >= 11 is 0. The van der Waals surface area contributed by atoms with Gasteiger partial charge in [0.05, 0.1) is 9.82 Å². The molecule has 1 N–H and O–H groups in total. The van der Waals surface area contributed by atoms with Crippen molar-refractivity contribution in [3.05, 3.63) is 63.2 Å². The Morgan fingerprint density at radius 1 is 1.10 bits per heavy atom. The molecule has 0 bridgehead atoms. The van der Waals surface area contributed by atoms with E-state index in [4.69, 9.17) is 0 Å². The third-order valence-corrected chi connectivity index (χ3v) is 7.17. The molecule has 0 atom stereocenters. The molecule has 1 fully saturated rings. The van der Waals surface area contributed by atoms with Gasteiger partial charge < -0.3 is 5.32 Å². The Hall–Kier alpha value is -2.78. The largest absolute Gasteiger partial charge is 0.322 e. The Morgan fingerprint density at radius 3 is 2.45 bits per heavy atom. The molecule has 2 aromatic rings. The maximum Gasteiger partial charge on any atom is 0.273 e. The summed E-state index contributed by atoms with van der Waals surface area (Å²) in [5.41, 5.74) is 1.19. The first kappa shape index (κ1) is 20.9. The second-order valence-electron chi connectivity index (χ2n) is 7.11. The average Bonchev–Trinajstić information content (AvgIpc) is 2.69. The number of hydrogen-bond acceptors (Lipinski definition) is 5. The van der Waals surface area contributed by atoms with Crippen molar-refractivity contribution in [2.45, 2.75) is 38.0 Å². The van der Waals surface area contributed by atoms with E-state index in [1.165, 1.54) is 35.5 Å². The van der Waals surface area contributed by atoms with Gasteiger partial charge >= 0.3 is 0 Å². The summed E-state index contributed by atoms with van der Waals surface area (Å²) in [6.07, 6.45) is 2.69. The van der Waals surface area contributed by atoms with E-state index in [9.17, 15) is 23.3 Å². The van der Waals surface area contributed by atoms with Crippen molar-refractivity contribution in [3.8, 4) is 0 Å². The Morgan fingerprint density at radius 2 is 1.79 bits per heavy atom. The van der Waals surface area contributed by atoms with Gasteiger partial charge in [-0.2, -0.15) is 4.31 Å². The number of rotatable bonds is 5. The van der Waals surface area contributed by atoms with Gasteiger partial charge in [-0.15, -0.1) is 0 Å². The molecule has 1 aliphatic heterocycles. The third kappa shape index (κ3) is 4.30. The number of nitro benzene ring substituents is 1.